The molecule has 0 saturated carbocycles. The number of hydrogen-bond acceptors (Lipinski definition) is 9. The number of nitrogens with one attached hydrogen (secondary N) is 2. The van der Waals surface area contributed by atoms with Crippen molar-refractivity contribution < 1.29 is 4.74 Å². The van der Waals surface area contributed by atoms with Crippen LogP contribution in [0.2, 0.25) is 0 Å². The Labute approximate surface area is 153 Å². The summed E-state index contributed by atoms with van der Waals surface area (Å²) in [6.07, 6.45) is 0. The van der Waals surface area contributed by atoms with Gasteiger partial charge in [-0.25, -0.2) is 0 Å². The van der Waals surface area contributed by atoms with E-state index in [2.05, 4.69) is 20.4 Å². The van der Waals surface area contributed by atoms with E-state index in [0.29, 0.717) is 26.2 Å². The molecule has 0 aromatic rings. The average molecular weight is 363 g/mol. The van der Waals surface area contributed by atoms with Gasteiger partial charge in [0.2, 0.25) is 0 Å². The molecule has 0 amide bonds. The van der Waals surface area contributed by atoms with Crippen LogP contribution < -0.4 is 33.6 Å². The van der Waals surface area contributed by atoms with E-state index in [1.165, 1.54) is 0 Å². The molecule has 0 unspecified atom stereocenters. The van der Waals surface area contributed by atoms with Gasteiger partial charge in [0.25, 0.3) is 0 Å². The van der Waals surface area contributed by atoms with E-state index in [1.807, 2.05) is 0 Å². The van der Waals surface area contributed by atoms with Gasteiger partial charge < -0.3 is 38.3 Å². The van der Waals surface area contributed by atoms with E-state index in [1.54, 1.807) is 0 Å². The molecule has 9 nitrogen and oxygen atoms in total. The van der Waals surface area contributed by atoms with Crippen molar-refractivity contribution in [2.45, 2.75) is 0 Å². The Morgan fingerprint density at radius 1 is 0.520 bits per heavy atom. The third kappa shape index (κ3) is 16.8. The highest BCUT2D eigenvalue weighted by Crippen LogP contribution is 1.85. The number of nitrogens with zero attached hydrogens (tertiary/aromatic N) is 2. The maximum atomic E-state index is 5.61. The molecule has 0 spiro atoms. The minimum Gasteiger partial charge on any atom is -0.379 e. The van der Waals surface area contributed by atoms with Crippen molar-refractivity contribution in [1.82, 2.24) is 20.4 Å². The molecule has 10 N–H and O–H groups in total. The second-order valence-corrected chi connectivity index (χ2v) is 5.95. The van der Waals surface area contributed by atoms with Gasteiger partial charge in [-0.1, -0.05) is 0 Å². The maximum Gasteiger partial charge on any atom is 0.0591 e. The number of nitrogens with two attached hydrogens (primary N) is 4. The summed E-state index contributed by atoms with van der Waals surface area (Å²) in [6, 6.07) is 0. The largest absolute Gasteiger partial charge is 0.379 e. The van der Waals surface area contributed by atoms with Crippen LogP contribution in [0.3, 0.4) is 0 Å². The first-order valence-corrected chi connectivity index (χ1v) is 9.52. The molecular formula is C16H42N8O. The Morgan fingerprint density at radius 3 is 1.20 bits per heavy atom. The summed E-state index contributed by atoms with van der Waals surface area (Å²) in [5, 5.41) is 6.76. The zero-order valence-corrected chi connectivity index (χ0v) is 15.9. The third-order valence-electron chi connectivity index (χ3n) is 3.84. The van der Waals surface area contributed by atoms with Crippen LogP contribution in [0.15, 0.2) is 0 Å². The molecule has 0 aromatic heterocycles. The summed E-state index contributed by atoms with van der Waals surface area (Å²) in [4.78, 5) is 4.55. The lowest BCUT2D eigenvalue weighted by Crippen LogP contribution is -2.39. The molecule has 0 radical (unpaired) electrons. The highest BCUT2D eigenvalue weighted by Gasteiger charge is 2.02. The van der Waals surface area contributed by atoms with Crippen LogP contribution >= 0.6 is 0 Å². The van der Waals surface area contributed by atoms with Crippen LogP contribution in [-0.4, -0.2) is 115 Å². The smallest absolute Gasteiger partial charge is 0.0591 e. The summed E-state index contributed by atoms with van der Waals surface area (Å²) < 4.78 is 5.61. The van der Waals surface area contributed by atoms with Crippen LogP contribution in [0.1, 0.15) is 0 Å². The van der Waals surface area contributed by atoms with Gasteiger partial charge in [-0.2, -0.15) is 0 Å². The van der Waals surface area contributed by atoms with Crippen LogP contribution in [0.25, 0.3) is 0 Å². The van der Waals surface area contributed by atoms with Crippen molar-refractivity contribution >= 4 is 0 Å². The van der Waals surface area contributed by atoms with Crippen molar-refractivity contribution in [3.05, 3.63) is 0 Å². The highest BCUT2D eigenvalue weighted by atomic mass is 16.5. The Kier molecular flexibility index (Phi) is 19.7. The molecule has 152 valence electrons. The van der Waals surface area contributed by atoms with Gasteiger partial charge in [0, 0.05) is 91.6 Å². The first-order valence-electron chi connectivity index (χ1n) is 9.52. The van der Waals surface area contributed by atoms with Gasteiger partial charge in [-0.05, 0) is 0 Å². The fourth-order valence-corrected chi connectivity index (χ4v) is 2.52. The lowest BCUT2D eigenvalue weighted by molar-refractivity contribution is 0.136. The molecule has 0 aromatic carbocycles. The van der Waals surface area contributed by atoms with E-state index in [-0.39, 0.29) is 0 Å². The second-order valence-electron chi connectivity index (χ2n) is 5.95. The standard InChI is InChI=1S/C16H42N8O/c17-1-9-23(10-2-18)13-5-21-7-15-25-16-8-22-6-14-24(11-3-19)12-4-20/h21-22H,1-20H2. The van der Waals surface area contributed by atoms with Crippen LogP contribution in [0, 0.1) is 0 Å². The van der Waals surface area contributed by atoms with Crippen molar-refractivity contribution in [1.29, 1.82) is 0 Å². The highest BCUT2D eigenvalue weighted by molar-refractivity contribution is 4.62. The molecule has 25 heavy (non-hydrogen) atoms. The molecule has 0 heterocycles. The summed E-state index contributed by atoms with van der Waals surface area (Å²) in [6.45, 7) is 13.3. The zero-order chi connectivity index (χ0) is 18.6. The Hall–Kier alpha value is -0.360. The van der Waals surface area contributed by atoms with Crippen molar-refractivity contribution in [3.8, 4) is 0 Å². The first kappa shape index (κ1) is 24.6. The third-order valence-corrected chi connectivity index (χ3v) is 3.84. The van der Waals surface area contributed by atoms with Crippen LogP contribution in [0.5, 0.6) is 0 Å². The van der Waals surface area contributed by atoms with Gasteiger partial charge in [0.15, 0.2) is 0 Å². The summed E-state index contributed by atoms with van der Waals surface area (Å²) >= 11 is 0. The van der Waals surface area contributed by atoms with Crippen molar-refractivity contribution in [2.24, 2.45) is 22.9 Å². The Bertz CT molecular complexity index is 224. The van der Waals surface area contributed by atoms with E-state index in [9.17, 15) is 0 Å². The Morgan fingerprint density at radius 2 is 0.880 bits per heavy atom. The fraction of sp³-hybridized carbons (Fsp3) is 1.00. The Balaban J connectivity index is 3.35. The van der Waals surface area contributed by atoms with Gasteiger partial charge in [-0.15, -0.1) is 0 Å². The minimum atomic E-state index is 0.673. The van der Waals surface area contributed by atoms with Gasteiger partial charge in [-0.3, -0.25) is 9.80 Å². The molecular weight excluding hydrogens is 320 g/mol. The first-order chi connectivity index (χ1) is 12.3. The summed E-state index contributed by atoms with van der Waals surface area (Å²) in [7, 11) is 0. The van der Waals surface area contributed by atoms with Crippen molar-refractivity contribution in [2.75, 3.05) is 105 Å². The molecule has 0 bridgehead atoms. The summed E-state index contributed by atoms with van der Waals surface area (Å²) in [5.41, 5.74) is 22.3. The quantitative estimate of drug-likeness (QED) is 0.122. The van der Waals surface area contributed by atoms with E-state index in [4.69, 9.17) is 27.7 Å². The summed E-state index contributed by atoms with van der Waals surface area (Å²) in [5.74, 6) is 0. The lowest BCUT2D eigenvalue weighted by Gasteiger charge is -2.21. The topological polar surface area (TPSA) is 144 Å². The van der Waals surface area contributed by atoms with Gasteiger partial charge in [0.05, 0.1) is 13.2 Å². The lowest BCUT2D eigenvalue weighted by atomic mass is 10.4. The number of hydrogen-bond donors (Lipinski definition) is 6. The molecule has 0 saturated heterocycles. The molecule has 9 heteroatoms. The van der Waals surface area contributed by atoms with E-state index in [0.717, 1.165) is 78.7 Å². The predicted molar refractivity (Wildman–Crippen MR) is 106 cm³/mol. The maximum absolute atomic E-state index is 5.61. The van der Waals surface area contributed by atoms with E-state index < -0.39 is 0 Å². The second kappa shape index (κ2) is 20.0. The normalized spacial score (nSPS) is 11.8. The molecule has 0 aliphatic heterocycles. The number of ether oxygens (including phenoxy) is 1. The number of rotatable bonds is 20. The monoisotopic (exact) mass is 362 g/mol. The molecule has 0 aliphatic carbocycles. The SMILES string of the molecule is NCCN(CCN)CCNCCOCCNCCN(CCN)CCN. The van der Waals surface area contributed by atoms with Crippen LogP contribution in [0.4, 0.5) is 0 Å². The molecule has 0 rings (SSSR count). The molecule has 0 fully saturated rings. The zero-order valence-electron chi connectivity index (χ0n) is 15.9. The van der Waals surface area contributed by atoms with Gasteiger partial charge >= 0.3 is 0 Å². The minimum absolute atomic E-state index is 0.673. The van der Waals surface area contributed by atoms with Crippen LogP contribution in [-0.2, 0) is 4.74 Å². The van der Waals surface area contributed by atoms with Gasteiger partial charge in [0.1, 0.15) is 0 Å². The molecule has 0 atom stereocenters. The van der Waals surface area contributed by atoms with E-state index >= 15 is 0 Å². The fourth-order valence-electron chi connectivity index (χ4n) is 2.52. The average Bonchev–Trinajstić information content (AvgIpc) is 2.60. The van der Waals surface area contributed by atoms with Crippen molar-refractivity contribution in [3.63, 3.8) is 0 Å². The predicted octanol–water partition coefficient (Wildman–Crippen LogP) is -3.38. The molecule has 0 aliphatic rings.